The van der Waals surface area contributed by atoms with Crippen molar-refractivity contribution in [1.29, 1.82) is 0 Å². The molecule has 0 aromatic heterocycles. The molecule has 0 aliphatic heterocycles. The molecule has 1 unspecified atom stereocenters. The van der Waals surface area contributed by atoms with Gasteiger partial charge >= 0.3 is 17.9 Å². The number of hydrogen-bond acceptors (Lipinski definition) is 6. The minimum atomic E-state index is -0.781. The molecule has 0 spiro atoms. The van der Waals surface area contributed by atoms with Crippen LogP contribution in [0.3, 0.4) is 0 Å². The van der Waals surface area contributed by atoms with E-state index in [0.29, 0.717) is 19.3 Å². The van der Waals surface area contributed by atoms with Gasteiger partial charge in [0.05, 0.1) is 0 Å². The molecule has 6 heteroatoms. The average Bonchev–Trinajstić information content (AvgIpc) is 3.30. The lowest BCUT2D eigenvalue weighted by atomic mass is 10.1. The molecule has 0 saturated heterocycles. The summed E-state index contributed by atoms with van der Waals surface area (Å²) in [6, 6.07) is 0. The fraction of sp³-hybridized carbons (Fsp3) is 0.814. The maximum absolute atomic E-state index is 12.8. The van der Waals surface area contributed by atoms with Gasteiger partial charge < -0.3 is 14.2 Å². The molecule has 0 fully saturated rings. The van der Waals surface area contributed by atoms with E-state index >= 15 is 0 Å². The van der Waals surface area contributed by atoms with Crippen LogP contribution in [0.5, 0.6) is 0 Å². The zero-order valence-corrected chi connectivity index (χ0v) is 43.3. The summed E-state index contributed by atoms with van der Waals surface area (Å²) < 4.78 is 16.8. The van der Waals surface area contributed by atoms with E-state index in [2.05, 4.69) is 69.4 Å². The lowest BCUT2D eigenvalue weighted by Crippen LogP contribution is -2.30. The number of allylic oxidation sites excluding steroid dienone is 8. The second-order valence-electron chi connectivity index (χ2n) is 18.8. The smallest absolute Gasteiger partial charge is 0.306 e. The van der Waals surface area contributed by atoms with Gasteiger partial charge in [-0.25, -0.2) is 0 Å². The molecule has 0 N–H and O–H groups in total. The molecular formula is C59H106O6. The van der Waals surface area contributed by atoms with Crippen LogP contribution < -0.4 is 0 Å². The second kappa shape index (κ2) is 54.0. The number of carbonyl (C=O) groups is 3. The van der Waals surface area contributed by atoms with E-state index in [1.165, 1.54) is 161 Å². The normalized spacial score (nSPS) is 12.4. The summed E-state index contributed by atoms with van der Waals surface area (Å²) in [5, 5.41) is 0. The summed E-state index contributed by atoms with van der Waals surface area (Å²) in [6.45, 7) is 6.57. The van der Waals surface area contributed by atoms with Crippen LogP contribution in [0.4, 0.5) is 0 Å². The molecule has 0 aromatic rings. The van der Waals surface area contributed by atoms with Crippen molar-refractivity contribution in [3.63, 3.8) is 0 Å². The summed E-state index contributed by atoms with van der Waals surface area (Å²) in [5.41, 5.74) is 0. The molecule has 0 bridgehead atoms. The number of rotatable bonds is 51. The minimum Gasteiger partial charge on any atom is -0.462 e. The number of ether oxygens (including phenoxy) is 3. The Morgan fingerprint density at radius 2 is 0.585 bits per heavy atom. The third-order valence-corrected chi connectivity index (χ3v) is 12.3. The van der Waals surface area contributed by atoms with Crippen molar-refractivity contribution in [1.82, 2.24) is 0 Å². The van der Waals surface area contributed by atoms with E-state index in [9.17, 15) is 14.4 Å². The SMILES string of the molecule is CCC/C=C\CCCCCCCC(=O)OCC(COC(=O)CCCCCCCCCCC/C=C\C/C=C\CCCCCCC)OC(=O)CCCCCCC/C=C\CCCCCCCCC. The van der Waals surface area contributed by atoms with Gasteiger partial charge in [-0.15, -0.1) is 0 Å². The maximum atomic E-state index is 12.8. The molecule has 0 heterocycles. The molecule has 6 nitrogen and oxygen atoms in total. The van der Waals surface area contributed by atoms with Crippen LogP contribution in [-0.4, -0.2) is 37.2 Å². The van der Waals surface area contributed by atoms with E-state index in [1.807, 2.05) is 0 Å². The van der Waals surface area contributed by atoms with Gasteiger partial charge in [-0.3, -0.25) is 14.4 Å². The van der Waals surface area contributed by atoms with Crippen LogP contribution in [0.15, 0.2) is 48.6 Å². The molecule has 0 aliphatic carbocycles. The highest BCUT2D eigenvalue weighted by atomic mass is 16.6. The van der Waals surface area contributed by atoms with E-state index in [-0.39, 0.29) is 31.1 Å². The summed E-state index contributed by atoms with van der Waals surface area (Å²) in [6.07, 6.45) is 65.3. The fourth-order valence-electron chi connectivity index (χ4n) is 8.00. The predicted octanol–water partition coefficient (Wildman–Crippen LogP) is 18.7. The van der Waals surface area contributed by atoms with Crippen LogP contribution in [0.2, 0.25) is 0 Å². The second-order valence-corrected chi connectivity index (χ2v) is 18.8. The molecule has 0 rings (SSSR count). The third-order valence-electron chi connectivity index (χ3n) is 12.3. The molecule has 1 atom stereocenters. The quantitative estimate of drug-likeness (QED) is 0.0262. The summed E-state index contributed by atoms with van der Waals surface area (Å²) >= 11 is 0. The molecule has 0 amide bonds. The van der Waals surface area contributed by atoms with Gasteiger partial charge in [0.1, 0.15) is 13.2 Å². The lowest BCUT2D eigenvalue weighted by molar-refractivity contribution is -0.167. The monoisotopic (exact) mass is 911 g/mol. The standard InChI is InChI=1S/C59H106O6/c1-4-7-10-13-16-19-22-24-26-28-29-30-31-32-34-35-37-40-43-46-49-52-58(61)64-55-56(54-63-57(60)51-48-45-42-39-21-18-15-12-9-6-3)65-59(62)53-50-47-44-41-38-36-33-27-25-23-20-17-14-11-8-5-2/h12,15,22,24,27-29,33,56H,4-11,13-14,16-21,23,25-26,30-32,34-55H2,1-3H3/b15-12-,24-22-,29-28-,33-27-. The minimum absolute atomic E-state index is 0.0802. The largest absolute Gasteiger partial charge is 0.462 e. The number of unbranched alkanes of at least 4 members (excludes halogenated alkanes) is 32. The molecule has 0 aliphatic rings. The zero-order chi connectivity index (χ0) is 47.2. The van der Waals surface area contributed by atoms with Crippen LogP contribution in [0, 0.1) is 0 Å². The van der Waals surface area contributed by atoms with Gasteiger partial charge in [0, 0.05) is 19.3 Å². The van der Waals surface area contributed by atoms with E-state index < -0.39 is 6.10 Å². The predicted molar refractivity (Wildman–Crippen MR) is 279 cm³/mol. The van der Waals surface area contributed by atoms with Crippen molar-refractivity contribution in [2.24, 2.45) is 0 Å². The first-order chi connectivity index (χ1) is 32.0. The number of hydrogen-bond donors (Lipinski definition) is 0. The Hall–Kier alpha value is -2.63. The van der Waals surface area contributed by atoms with Crippen molar-refractivity contribution in [3.05, 3.63) is 48.6 Å². The van der Waals surface area contributed by atoms with Crippen molar-refractivity contribution < 1.29 is 28.6 Å². The first kappa shape index (κ1) is 62.4. The first-order valence-electron chi connectivity index (χ1n) is 28.1. The van der Waals surface area contributed by atoms with Crippen molar-refractivity contribution >= 4 is 17.9 Å². The molecular weight excluding hydrogens is 805 g/mol. The maximum Gasteiger partial charge on any atom is 0.306 e. The summed E-state index contributed by atoms with van der Waals surface area (Å²) in [5.74, 6) is -0.894. The van der Waals surface area contributed by atoms with Gasteiger partial charge in [0.2, 0.25) is 0 Å². The molecule has 0 radical (unpaired) electrons. The highest BCUT2D eigenvalue weighted by molar-refractivity contribution is 5.71. The molecule has 65 heavy (non-hydrogen) atoms. The Bertz CT molecular complexity index is 1140. The van der Waals surface area contributed by atoms with Crippen LogP contribution >= 0.6 is 0 Å². The van der Waals surface area contributed by atoms with E-state index in [1.54, 1.807) is 0 Å². The average molecular weight is 911 g/mol. The highest BCUT2D eigenvalue weighted by Gasteiger charge is 2.19. The van der Waals surface area contributed by atoms with Crippen LogP contribution in [0.25, 0.3) is 0 Å². The molecule has 0 saturated carbocycles. The fourth-order valence-corrected chi connectivity index (χ4v) is 8.00. The van der Waals surface area contributed by atoms with Gasteiger partial charge in [-0.1, -0.05) is 223 Å². The van der Waals surface area contributed by atoms with Gasteiger partial charge in [0.25, 0.3) is 0 Å². The van der Waals surface area contributed by atoms with Gasteiger partial charge in [-0.05, 0) is 96.3 Å². The Morgan fingerprint density at radius 3 is 0.923 bits per heavy atom. The number of esters is 3. The molecule has 0 aromatic carbocycles. The van der Waals surface area contributed by atoms with Crippen LogP contribution in [0.1, 0.15) is 290 Å². The van der Waals surface area contributed by atoms with Crippen molar-refractivity contribution in [2.45, 2.75) is 297 Å². The Kier molecular flexibility index (Phi) is 51.8. The van der Waals surface area contributed by atoms with Crippen molar-refractivity contribution in [3.8, 4) is 0 Å². The van der Waals surface area contributed by atoms with Gasteiger partial charge in [0.15, 0.2) is 6.10 Å². The van der Waals surface area contributed by atoms with Gasteiger partial charge in [-0.2, -0.15) is 0 Å². The molecule has 378 valence electrons. The number of carbonyl (C=O) groups excluding carboxylic acids is 3. The Balaban J connectivity index is 4.30. The Labute approximate surface area is 403 Å². The Morgan fingerprint density at radius 1 is 0.308 bits per heavy atom. The summed E-state index contributed by atoms with van der Waals surface area (Å²) in [7, 11) is 0. The van der Waals surface area contributed by atoms with E-state index in [0.717, 1.165) is 89.9 Å². The zero-order valence-electron chi connectivity index (χ0n) is 43.3. The lowest BCUT2D eigenvalue weighted by Gasteiger charge is -2.18. The first-order valence-corrected chi connectivity index (χ1v) is 28.1. The topological polar surface area (TPSA) is 78.9 Å². The van der Waals surface area contributed by atoms with E-state index in [4.69, 9.17) is 14.2 Å². The van der Waals surface area contributed by atoms with Crippen molar-refractivity contribution in [2.75, 3.05) is 13.2 Å². The van der Waals surface area contributed by atoms with Crippen LogP contribution in [-0.2, 0) is 28.6 Å². The highest BCUT2D eigenvalue weighted by Crippen LogP contribution is 2.15. The summed E-state index contributed by atoms with van der Waals surface area (Å²) in [4.78, 5) is 38.0. The third kappa shape index (κ3) is 52.2.